The van der Waals surface area contributed by atoms with Crippen molar-refractivity contribution in [2.45, 2.75) is 93.0 Å². The number of aryl methyl sites for hydroxylation is 1. The first-order valence-corrected chi connectivity index (χ1v) is 14.5. The summed E-state index contributed by atoms with van der Waals surface area (Å²) in [6.07, 6.45) is -0.484. The summed E-state index contributed by atoms with van der Waals surface area (Å²) < 4.78 is 0. The zero-order chi connectivity index (χ0) is 28.4. The molecule has 2 amide bonds. The second-order valence-corrected chi connectivity index (χ2v) is 13.7. The van der Waals surface area contributed by atoms with E-state index in [-0.39, 0.29) is 41.7 Å². The van der Waals surface area contributed by atoms with Crippen molar-refractivity contribution >= 4 is 23.2 Å². The minimum atomic E-state index is -0.723. The number of benzene rings is 1. The van der Waals surface area contributed by atoms with Crippen LogP contribution in [0, 0.1) is 23.7 Å². The molecule has 4 unspecified atom stereocenters. The van der Waals surface area contributed by atoms with Gasteiger partial charge < -0.3 is 20.6 Å². The Balaban J connectivity index is 1.72. The average molecular weight is 543 g/mol. The Morgan fingerprint density at radius 1 is 1.13 bits per heavy atom. The maximum absolute atomic E-state index is 13.8. The van der Waals surface area contributed by atoms with Gasteiger partial charge in [-0.05, 0) is 41.7 Å². The van der Waals surface area contributed by atoms with Gasteiger partial charge >= 0.3 is 0 Å². The molecule has 0 bridgehead atoms. The van der Waals surface area contributed by atoms with E-state index in [2.05, 4.69) is 43.3 Å². The highest BCUT2D eigenvalue weighted by atomic mass is 32.1. The zero-order valence-electron chi connectivity index (χ0n) is 24.5. The lowest BCUT2D eigenvalue weighted by atomic mass is 9.79. The number of aliphatic hydroxyl groups excluding tert-OH is 1. The fourth-order valence-corrected chi connectivity index (χ4v) is 5.51. The average Bonchev–Trinajstić information content (AvgIpc) is 3.43. The van der Waals surface area contributed by atoms with Crippen LogP contribution in [-0.2, 0) is 9.59 Å². The zero-order valence-corrected chi connectivity index (χ0v) is 25.3. The Labute approximate surface area is 232 Å². The molecule has 3 N–H and O–H groups in total. The standard InChI is InChI=1S/C30H46N4O3S/c1-18(2)30(8,9)16-31-26(29(5,6)7)28(37)34-15-23(35)14-24(34)27(36)33-19(3)21-10-12-22(13-11-21)25-20(4)32-17-38-25/h10-13,17-19,23-24,26,31,35H,14-16H2,1-9H3,(H,33,36). The SMILES string of the molecule is Cc1ncsc1-c1ccc(C(C)NC(=O)C2CC(O)CN2C(=O)C(NCC(C)(C)C(C)C)C(C)(C)C)cc1. The van der Waals surface area contributed by atoms with Gasteiger partial charge in [0.2, 0.25) is 11.8 Å². The fraction of sp³-hybridized carbons (Fsp3) is 0.633. The molecule has 4 atom stereocenters. The third kappa shape index (κ3) is 7.01. The van der Waals surface area contributed by atoms with Crippen LogP contribution in [0.1, 0.15) is 79.1 Å². The van der Waals surface area contributed by atoms with Gasteiger partial charge in [-0.15, -0.1) is 11.3 Å². The monoisotopic (exact) mass is 542 g/mol. The van der Waals surface area contributed by atoms with Crippen LogP contribution in [0.5, 0.6) is 0 Å². The van der Waals surface area contributed by atoms with Gasteiger partial charge in [0.25, 0.3) is 0 Å². The van der Waals surface area contributed by atoms with E-state index in [1.165, 1.54) is 0 Å². The smallest absolute Gasteiger partial charge is 0.243 e. The van der Waals surface area contributed by atoms with Crippen molar-refractivity contribution in [2.24, 2.45) is 16.7 Å². The highest BCUT2D eigenvalue weighted by Crippen LogP contribution is 2.31. The van der Waals surface area contributed by atoms with Gasteiger partial charge in [-0.3, -0.25) is 9.59 Å². The van der Waals surface area contributed by atoms with E-state index in [4.69, 9.17) is 0 Å². The van der Waals surface area contributed by atoms with E-state index >= 15 is 0 Å². The summed E-state index contributed by atoms with van der Waals surface area (Å²) in [6.45, 7) is 19.6. The van der Waals surface area contributed by atoms with Gasteiger partial charge in [0.05, 0.1) is 34.3 Å². The molecule has 8 heteroatoms. The van der Waals surface area contributed by atoms with Crippen LogP contribution in [0.3, 0.4) is 0 Å². The number of aliphatic hydroxyl groups is 1. The molecule has 1 aromatic heterocycles. The Hall–Kier alpha value is -2.29. The van der Waals surface area contributed by atoms with Crippen LogP contribution in [0.15, 0.2) is 29.8 Å². The Morgan fingerprint density at radius 2 is 1.76 bits per heavy atom. The van der Waals surface area contributed by atoms with E-state index in [0.717, 1.165) is 21.7 Å². The molecule has 1 fully saturated rings. The van der Waals surface area contributed by atoms with Crippen molar-refractivity contribution in [1.82, 2.24) is 20.5 Å². The maximum atomic E-state index is 13.8. The molecule has 2 heterocycles. The molecule has 38 heavy (non-hydrogen) atoms. The predicted octanol–water partition coefficient (Wildman–Crippen LogP) is 4.94. The lowest BCUT2D eigenvalue weighted by molar-refractivity contribution is -0.142. The van der Waals surface area contributed by atoms with E-state index < -0.39 is 18.2 Å². The summed E-state index contributed by atoms with van der Waals surface area (Å²) in [5, 5.41) is 17.1. The molecule has 210 valence electrons. The maximum Gasteiger partial charge on any atom is 0.243 e. The van der Waals surface area contributed by atoms with E-state index in [0.29, 0.717) is 12.5 Å². The molecule has 2 aromatic rings. The van der Waals surface area contributed by atoms with Crippen molar-refractivity contribution in [3.05, 3.63) is 41.0 Å². The Bertz CT molecular complexity index is 1100. The van der Waals surface area contributed by atoms with Crippen LogP contribution in [0.25, 0.3) is 10.4 Å². The molecule has 1 aliphatic heterocycles. The van der Waals surface area contributed by atoms with Gasteiger partial charge in [-0.2, -0.15) is 0 Å². The third-order valence-corrected chi connectivity index (χ3v) is 9.06. The van der Waals surface area contributed by atoms with Crippen molar-refractivity contribution in [2.75, 3.05) is 13.1 Å². The first kappa shape index (κ1) is 30.3. The summed E-state index contributed by atoms with van der Waals surface area (Å²) >= 11 is 1.61. The van der Waals surface area contributed by atoms with Gasteiger partial charge in [0.1, 0.15) is 6.04 Å². The fourth-order valence-electron chi connectivity index (χ4n) is 4.70. The topological polar surface area (TPSA) is 94.6 Å². The van der Waals surface area contributed by atoms with Crippen LogP contribution >= 0.6 is 11.3 Å². The number of carbonyl (C=O) groups excluding carboxylic acids is 2. The van der Waals surface area contributed by atoms with Gasteiger partial charge in [0.15, 0.2) is 0 Å². The molecule has 0 radical (unpaired) electrons. The largest absolute Gasteiger partial charge is 0.391 e. The van der Waals surface area contributed by atoms with E-state index in [1.807, 2.05) is 64.4 Å². The predicted molar refractivity (Wildman–Crippen MR) is 155 cm³/mol. The number of likely N-dealkylation sites (tertiary alicyclic amines) is 1. The van der Waals surface area contributed by atoms with Gasteiger partial charge in [0, 0.05) is 19.5 Å². The second-order valence-electron chi connectivity index (χ2n) is 12.8. The number of hydrogen-bond acceptors (Lipinski definition) is 6. The normalized spacial score (nSPS) is 20.0. The summed E-state index contributed by atoms with van der Waals surface area (Å²) in [6, 6.07) is 6.71. The minimum absolute atomic E-state index is 0.00870. The van der Waals surface area contributed by atoms with Crippen molar-refractivity contribution in [3.63, 3.8) is 0 Å². The molecule has 0 spiro atoms. The third-order valence-electron chi connectivity index (χ3n) is 8.08. The highest BCUT2D eigenvalue weighted by Gasteiger charge is 2.44. The first-order valence-electron chi connectivity index (χ1n) is 13.6. The summed E-state index contributed by atoms with van der Waals surface area (Å²) in [5.74, 6) is 0.0741. The molecular weight excluding hydrogens is 496 g/mol. The molecule has 0 aliphatic carbocycles. The van der Waals surface area contributed by atoms with Crippen LogP contribution in [0.2, 0.25) is 0 Å². The summed E-state index contributed by atoms with van der Waals surface area (Å²) in [7, 11) is 0. The molecule has 0 saturated carbocycles. The number of thiazole rings is 1. The number of amides is 2. The number of nitrogens with zero attached hydrogens (tertiary/aromatic N) is 2. The summed E-state index contributed by atoms with van der Waals surface area (Å²) in [5.41, 5.74) is 4.58. The van der Waals surface area contributed by atoms with Crippen LogP contribution < -0.4 is 10.6 Å². The highest BCUT2D eigenvalue weighted by molar-refractivity contribution is 7.13. The number of carbonyl (C=O) groups is 2. The van der Waals surface area contributed by atoms with Gasteiger partial charge in [-0.25, -0.2) is 4.98 Å². The molecule has 1 aromatic carbocycles. The minimum Gasteiger partial charge on any atom is -0.391 e. The number of aromatic nitrogens is 1. The number of hydrogen-bond donors (Lipinski definition) is 3. The van der Waals surface area contributed by atoms with Crippen molar-refractivity contribution < 1.29 is 14.7 Å². The molecular formula is C30H46N4O3S. The van der Waals surface area contributed by atoms with Crippen LogP contribution in [-0.4, -0.2) is 58.1 Å². The van der Waals surface area contributed by atoms with Gasteiger partial charge in [-0.1, -0.05) is 72.7 Å². The quantitative estimate of drug-likeness (QED) is 0.417. The Kier molecular flexibility index (Phi) is 9.43. The number of nitrogens with one attached hydrogen (secondary N) is 2. The number of β-amino-alcohol motifs (C(OH)–C–C–N with tert-alkyl or cyclic N) is 1. The van der Waals surface area contributed by atoms with Crippen LogP contribution in [0.4, 0.5) is 0 Å². The Morgan fingerprint density at radius 3 is 2.29 bits per heavy atom. The van der Waals surface area contributed by atoms with E-state index in [9.17, 15) is 14.7 Å². The second kappa shape index (κ2) is 11.8. The molecule has 1 saturated heterocycles. The molecule has 7 nitrogen and oxygen atoms in total. The lowest BCUT2D eigenvalue weighted by Gasteiger charge is -2.38. The summed E-state index contributed by atoms with van der Waals surface area (Å²) in [4.78, 5) is 34.3. The lowest BCUT2D eigenvalue weighted by Crippen LogP contribution is -2.58. The first-order chi connectivity index (χ1) is 17.6. The van der Waals surface area contributed by atoms with Crippen molar-refractivity contribution in [3.8, 4) is 10.4 Å². The van der Waals surface area contributed by atoms with E-state index in [1.54, 1.807) is 16.2 Å². The van der Waals surface area contributed by atoms with Crippen molar-refractivity contribution in [1.29, 1.82) is 0 Å². The molecule has 3 rings (SSSR count). The molecule has 1 aliphatic rings. The number of rotatable bonds is 9.